The molecule has 3 rings (SSSR count). The van der Waals surface area contributed by atoms with E-state index in [4.69, 9.17) is 4.74 Å². The average Bonchev–Trinajstić information content (AvgIpc) is 2.67. The fraction of sp³-hybridized carbons (Fsp3) is 0.250. The topological polar surface area (TPSA) is 64.4 Å². The second-order valence-electron chi connectivity index (χ2n) is 6.25. The fourth-order valence-electron chi connectivity index (χ4n) is 2.74. The smallest absolute Gasteiger partial charge is 0.266 e. The SMILES string of the molecule is COc1cccc(-n2c(SC(C)C(=O)N(C)C)nc3ccccc3c2=O)c1. The number of carbonyl (C=O) groups excluding carboxylic acids is 1. The Kier molecular flexibility index (Phi) is 5.51. The molecule has 1 heterocycles. The zero-order chi connectivity index (χ0) is 19.6. The van der Waals surface area contributed by atoms with Crippen LogP contribution >= 0.6 is 11.8 Å². The summed E-state index contributed by atoms with van der Waals surface area (Å²) in [4.78, 5) is 31.7. The van der Waals surface area contributed by atoms with E-state index in [1.165, 1.54) is 21.2 Å². The number of amides is 1. The van der Waals surface area contributed by atoms with E-state index in [-0.39, 0.29) is 16.7 Å². The molecule has 1 aromatic heterocycles. The molecule has 0 N–H and O–H groups in total. The van der Waals surface area contributed by atoms with Crippen LogP contribution in [0.15, 0.2) is 58.5 Å². The number of fused-ring (bicyclic) bond motifs is 1. The van der Waals surface area contributed by atoms with Gasteiger partial charge in [-0.2, -0.15) is 0 Å². The van der Waals surface area contributed by atoms with Gasteiger partial charge in [-0.05, 0) is 31.2 Å². The molecule has 0 aliphatic rings. The number of para-hydroxylation sites is 1. The van der Waals surface area contributed by atoms with Crippen molar-refractivity contribution in [2.75, 3.05) is 21.2 Å². The Hall–Kier alpha value is -2.80. The molecule has 0 spiro atoms. The van der Waals surface area contributed by atoms with Gasteiger partial charge >= 0.3 is 0 Å². The normalized spacial score (nSPS) is 12.0. The van der Waals surface area contributed by atoms with Crippen molar-refractivity contribution < 1.29 is 9.53 Å². The highest BCUT2D eigenvalue weighted by atomic mass is 32.2. The lowest BCUT2D eigenvalue weighted by atomic mass is 10.2. The van der Waals surface area contributed by atoms with Crippen LogP contribution in [-0.4, -0.2) is 46.8 Å². The predicted octanol–water partition coefficient (Wildman–Crippen LogP) is 2.96. The van der Waals surface area contributed by atoms with Gasteiger partial charge in [0.15, 0.2) is 5.16 Å². The number of aromatic nitrogens is 2. The van der Waals surface area contributed by atoms with Crippen LogP contribution in [0.3, 0.4) is 0 Å². The second kappa shape index (κ2) is 7.84. The van der Waals surface area contributed by atoms with Crippen molar-refractivity contribution in [2.24, 2.45) is 0 Å². The third-order valence-corrected chi connectivity index (χ3v) is 5.17. The first-order chi connectivity index (χ1) is 12.9. The van der Waals surface area contributed by atoms with Crippen molar-refractivity contribution in [2.45, 2.75) is 17.3 Å². The van der Waals surface area contributed by atoms with Crippen LogP contribution in [0.5, 0.6) is 5.75 Å². The summed E-state index contributed by atoms with van der Waals surface area (Å²) in [5.41, 5.74) is 1.07. The first kappa shape index (κ1) is 19.0. The number of hydrogen-bond donors (Lipinski definition) is 0. The lowest BCUT2D eigenvalue weighted by molar-refractivity contribution is -0.127. The summed E-state index contributed by atoms with van der Waals surface area (Å²) in [6, 6.07) is 14.4. The molecule has 1 amide bonds. The van der Waals surface area contributed by atoms with Gasteiger partial charge in [0.2, 0.25) is 5.91 Å². The number of nitrogens with zero attached hydrogens (tertiary/aromatic N) is 3. The van der Waals surface area contributed by atoms with Crippen molar-refractivity contribution in [3.05, 3.63) is 58.9 Å². The summed E-state index contributed by atoms with van der Waals surface area (Å²) in [5.74, 6) is 0.598. The maximum absolute atomic E-state index is 13.2. The summed E-state index contributed by atoms with van der Waals surface area (Å²) in [5, 5.41) is 0.607. The maximum Gasteiger partial charge on any atom is 0.266 e. The molecule has 3 aromatic rings. The number of hydrogen-bond acceptors (Lipinski definition) is 5. The van der Waals surface area contributed by atoms with E-state index in [2.05, 4.69) is 4.98 Å². The summed E-state index contributed by atoms with van der Waals surface area (Å²) >= 11 is 1.26. The first-order valence-electron chi connectivity index (χ1n) is 8.46. The summed E-state index contributed by atoms with van der Waals surface area (Å²) in [6.07, 6.45) is 0. The maximum atomic E-state index is 13.2. The quantitative estimate of drug-likeness (QED) is 0.501. The number of benzene rings is 2. The number of ether oxygens (including phenoxy) is 1. The largest absolute Gasteiger partial charge is 0.497 e. The highest BCUT2D eigenvalue weighted by Gasteiger charge is 2.21. The van der Waals surface area contributed by atoms with E-state index in [1.807, 2.05) is 37.3 Å². The van der Waals surface area contributed by atoms with Crippen molar-refractivity contribution >= 4 is 28.6 Å². The summed E-state index contributed by atoms with van der Waals surface area (Å²) < 4.78 is 6.83. The Morgan fingerprint density at radius 3 is 2.63 bits per heavy atom. The molecule has 1 unspecified atom stereocenters. The van der Waals surface area contributed by atoms with Crippen molar-refractivity contribution in [1.82, 2.24) is 14.5 Å². The average molecular weight is 383 g/mol. The molecule has 0 aliphatic carbocycles. The van der Waals surface area contributed by atoms with Gasteiger partial charge in [-0.15, -0.1) is 0 Å². The highest BCUT2D eigenvalue weighted by Crippen LogP contribution is 2.27. The van der Waals surface area contributed by atoms with Crippen molar-refractivity contribution in [1.29, 1.82) is 0 Å². The molecule has 7 heteroatoms. The molecule has 0 saturated heterocycles. The predicted molar refractivity (Wildman–Crippen MR) is 108 cm³/mol. The van der Waals surface area contributed by atoms with E-state index in [0.717, 1.165) is 0 Å². The van der Waals surface area contributed by atoms with E-state index in [1.54, 1.807) is 39.4 Å². The molecule has 6 nitrogen and oxygen atoms in total. The van der Waals surface area contributed by atoms with Crippen LogP contribution < -0.4 is 10.3 Å². The van der Waals surface area contributed by atoms with Gasteiger partial charge in [0.25, 0.3) is 5.56 Å². The van der Waals surface area contributed by atoms with Crippen LogP contribution in [0, 0.1) is 0 Å². The van der Waals surface area contributed by atoms with Gasteiger partial charge in [-0.3, -0.25) is 14.2 Å². The number of carbonyl (C=O) groups is 1. The standard InChI is InChI=1S/C20H21N3O3S/c1-13(18(24)22(2)3)27-20-21-17-11-6-5-10-16(17)19(25)23(20)14-8-7-9-15(12-14)26-4/h5-13H,1-4H3. The molecule has 0 radical (unpaired) electrons. The Morgan fingerprint density at radius 1 is 1.19 bits per heavy atom. The molecular weight excluding hydrogens is 362 g/mol. The minimum atomic E-state index is -0.384. The molecular formula is C20H21N3O3S. The lowest BCUT2D eigenvalue weighted by Gasteiger charge is -2.19. The fourth-order valence-corrected chi connectivity index (χ4v) is 3.81. The molecule has 0 aliphatic heterocycles. The highest BCUT2D eigenvalue weighted by molar-refractivity contribution is 8.00. The van der Waals surface area contributed by atoms with E-state index >= 15 is 0 Å². The van der Waals surface area contributed by atoms with Crippen LogP contribution in [0.25, 0.3) is 16.6 Å². The third-order valence-electron chi connectivity index (χ3n) is 4.13. The van der Waals surface area contributed by atoms with Gasteiger partial charge in [-0.25, -0.2) is 4.98 Å². The Morgan fingerprint density at radius 2 is 1.93 bits per heavy atom. The van der Waals surface area contributed by atoms with Gasteiger partial charge in [0, 0.05) is 20.2 Å². The molecule has 27 heavy (non-hydrogen) atoms. The summed E-state index contributed by atoms with van der Waals surface area (Å²) in [7, 11) is 5.00. The van der Waals surface area contributed by atoms with E-state index in [9.17, 15) is 9.59 Å². The van der Waals surface area contributed by atoms with Crippen LogP contribution in [0.1, 0.15) is 6.92 Å². The van der Waals surface area contributed by atoms with Crippen molar-refractivity contribution in [3.63, 3.8) is 0 Å². The molecule has 1 atom stereocenters. The van der Waals surface area contributed by atoms with Crippen molar-refractivity contribution in [3.8, 4) is 11.4 Å². The third kappa shape index (κ3) is 3.83. The molecule has 0 bridgehead atoms. The minimum absolute atomic E-state index is 0.0420. The minimum Gasteiger partial charge on any atom is -0.497 e. The Bertz CT molecular complexity index is 1050. The van der Waals surface area contributed by atoms with Gasteiger partial charge in [0.05, 0.1) is 29.0 Å². The monoisotopic (exact) mass is 383 g/mol. The lowest BCUT2D eigenvalue weighted by Crippen LogP contribution is -2.31. The number of methoxy groups -OCH3 is 1. The Balaban J connectivity index is 2.21. The number of rotatable bonds is 5. The summed E-state index contributed by atoms with van der Waals surface area (Å²) in [6.45, 7) is 1.81. The second-order valence-corrected chi connectivity index (χ2v) is 7.55. The van der Waals surface area contributed by atoms with Crippen LogP contribution in [-0.2, 0) is 4.79 Å². The zero-order valence-electron chi connectivity index (χ0n) is 15.7. The molecule has 0 fully saturated rings. The van der Waals surface area contributed by atoms with Gasteiger partial charge in [0.1, 0.15) is 5.75 Å². The van der Waals surface area contributed by atoms with Gasteiger partial charge < -0.3 is 9.64 Å². The zero-order valence-corrected chi connectivity index (χ0v) is 16.5. The Labute approximate surface area is 161 Å². The first-order valence-corrected chi connectivity index (χ1v) is 9.34. The van der Waals surface area contributed by atoms with E-state index in [0.29, 0.717) is 27.5 Å². The molecule has 0 saturated carbocycles. The van der Waals surface area contributed by atoms with Crippen LogP contribution in [0.2, 0.25) is 0 Å². The van der Waals surface area contributed by atoms with E-state index < -0.39 is 0 Å². The number of thioether (sulfide) groups is 1. The molecule has 140 valence electrons. The van der Waals surface area contributed by atoms with Crippen LogP contribution in [0.4, 0.5) is 0 Å². The molecule has 2 aromatic carbocycles. The van der Waals surface area contributed by atoms with Gasteiger partial charge in [-0.1, -0.05) is 30.0 Å².